The molecule has 0 unspecified atom stereocenters. The summed E-state index contributed by atoms with van der Waals surface area (Å²) in [5.74, 6) is 1.26. The molecular formula is C5H6N2O2S. The molecule has 0 aliphatic carbocycles. The first-order valence-corrected chi connectivity index (χ1v) is 4.14. The molecule has 10 heavy (non-hydrogen) atoms. The predicted octanol–water partition coefficient (Wildman–Crippen LogP) is -0.389. The summed E-state index contributed by atoms with van der Waals surface area (Å²) in [7, 11) is 0. The van der Waals surface area contributed by atoms with Gasteiger partial charge >= 0.3 is 6.03 Å². The minimum absolute atomic E-state index is 0.144. The van der Waals surface area contributed by atoms with Crippen LogP contribution in [-0.4, -0.2) is 34.5 Å². The largest absolute Gasteiger partial charge is 0.325 e. The lowest BCUT2D eigenvalue weighted by molar-refractivity contribution is -0.120. The summed E-state index contributed by atoms with van der Waals surface area (Å²) in [5.41, 5.74) is 0. The number of carbonyl (C=O) groups is 2. The van der Waals surface area contributed by atoms with E-state index in [1.807, 2.05) is 0 Å². The Kier molecular flexibility index (Phi) is 1.14. The van der Waals surface area contributed by atoms with E-state index >= 15 is 0 Å². The quantitative estimate of drug-likeness (QED) is 0.488. The maximum absolute atomic E-state index is 10.9. The van der Waals surface area contributed by atoms with Gasteiger partial charge in [-0.1, -0.05) is 0 Å². The number of hydrogen-bond donors (Lipinski definition) is 1. The van der Waals surface area contributed by atoms with Crippen molar-refractivity contribution in [3.05, 3.63) is 0 Å². The number of carbonyl (C=O) groups excluding carboxylic acids is 2. The zero-order chi connectivity index (χ0) is 7.14. The van der Waals surface area contributed by atoms with Crippen molar-refractivity contribution in [1.29, 1.82) is 0 Å². The lowest BCUT2D eigenvalue weighted by Crippen LogP contribution is -2.29. The number of amides is 3. The molecule has 0 aromatic rings. The average molecular weight is 158 g/mol. The van der Waals surface area contributed by atoms with Gasteiger partial charge in [0.15, 0.2) is 0 Å². The van der Waals surface area contributed by atoms with Crippen molar-refractivity contribution in [2.24, 2.45) is 0 Å². The fraction of sp³-hybridized carbons (Fsp3) is 0.600. The molecule has 2 aliphatic heterocycles. The number of nitrogens with one attached hydrogen (secondary N) is 1. The zero-order valence-electron chi connectivity index (χ0n) is 5.16. The standard InChI is InChI=1S/C5H6N2O2S/c8-4-3-1-10-2-7(3)5(9)6-4/h3H,1-2H2,(H,6,8,9)/t3-/m1/s1. The number of fused-ring (bicyclic) bond motifs is 1. The fourth-order valence-electron chi connectivity index (χ4n) is 1.12. The highest BCUT2D eigenvalue weighted by Gasteiger charge is 2.41. The van der Waals surface area contributed by atoms with Crippen molar-refractivity contribution < 1.29 is 9.59 Å². The van der Waals surface area contributed by atoms with Gasteiger partial charge in [-0.05, 0) is 0 Å². The molecule has 3 amide bonds. The molecule has 2 aliphatic rings. The molecule has 2 heterocycles. The first-order valence-electron chi connectivity index (χ1n) is 2.98. The topological polar surface area (TPSA) is 49.4 Å². The highest BCUT2D eigenvalue weighted by atomic mass is 32.2. The van der Waals surface area contributed by atoms with Crippen molar-refractivity contribution in [1.82, 2.24) is 10.2 Å². The molecule has 2 rings (SSSR count). The monoisotopic (exact) mass is 158 g/mol. The number of imide groups is 1. The van der Waals surface area contributed by atoms with Gasteiger partial charge in [0.2, 0.25) is 0 Å². The number of thioether (sulfide) groups is 1. The second-order valence-electron chi connectivity index (χ2n) is 2.28. The van der Waals surface area contributed by atoms with Crippen LogP contribution in [0.1, 0.15) is 0 Å². The van der Waals surface area contributed by atoms with Gasteiger partial charge in [-0.3, -0.25) is 10.1 Å². The molecule has 0 saturated carbocycles. The molecule has 0 bridgehead atoms. The molecule has 0 radical (unpaired) electrons. The number of rotatable bonds is 0. The predicted molar refractivity (Wildman–Crippen MR) is 36.5 cm³/mol. The van der Waals surface area contributed by atoms with Crippen molar-refractivity contribution in [2.45, 2.75) is 6.04 Å². The smallest absolute Gasteiger partial charge is 0.302 e. The Hall–Kier alpha value is -0.710. The number of nitrogens with zero attached hydrogens (tertiary/aromatic N) is 1. The second-order valence-corrected chi connectivity index (χ2v) is 3.28. The summed E-state index contributed by atoms with van der Waals surface area (Å²) in [6.07, 6.45) is 0. The average Bonchev–Trinajstić information content (AvgIpc) is 2.39. The minimum Gasteiger partial charge on any atom is -0.302 e. The summed E-state index contributed by atoms with van der Waals surface area (Å²) < 4.78 is 0. The van der Waals surface area contributed by atoms with Crippen LogP contribution in [0.4, 0.5) is 4.79 Å². The van der Waals surface area contributed by atoms with E-state index in [0.717, 1.165) is 5.75 Å². The van der Waals surface area contributed by atoms with Crippen LogP contribution in [0.3, 0.4) is 0 Å². The Labute approximate surface area is 61.9 Å². The van der Waals surface area contributed by atoms with Gasteiger partial charge in [0, 0.05) is 5.75 Å². The molecule has 0 aromatic carbocycles. The highest BCUT2D eigenvalue weighted by molar-refractivity contribution is 7.99. The van der Waals surface area contributed by atoms with Crippen LogP contribution in [0.2, 0.25) is 0 Å². The lowest BCUT2D eigenvalue weighted by Gasteiger charge is -2.07. The minimum atomic E-state index is -0.236. The van der Waals surface area contributed by atoms with Crippen molar-refractivity contribution >= 4 is 23.7 Å². The Morgan fingerprint density at radius 1 is 1.60 bits per heavy atom. The van der Waals surface area contributed by atoms with E-state index in [2.05, 4.69) is 5.32 Å². The maximum Gasteiger partial charge on any atom is 0.325 e. The van der Waals surface area contributed by atoms with Crippen LogP contribution in [0.25, 0.3) is 0 Å². The summed E-state index contributed by atoms with van der Waals surface area (Å²) in [5, 5.41) is 2.25. The van der Waals surface area contributed by atoms with E-state index in [4.69, 9.17) is 0 Å². The van der Waals surface area contributed by atoms with Gasteiger partial charge in [0.25, 0.3) is 5.91 Å². The third-order valence-electron chi connectivity index (χ3n) is 1.68. The van der Waals surface area contributed by atoms with Gasteiger partial charge in [-0.25, -0.2) is 4.79 Å². The van der Waals surface area contributed by atoms with Gasteiger partial charge in [0.05, 0.1) is 5.88 Å². The SMILES string of the molecule is O=C1NC(=O)N2CSC[C@H]12. The van der Waals surface area contributed by atoms with Crippen molar-refractivity contribution in [2.75, 3.05) is 11.6 Å². The maximum atomic E-state index is 10.9. The molecule has 4 nitrogen and oxygen atoms in total. The Balaban J connectivity index is 2.27. The molecule has 0 aromatic heterocycles. The van der Waals surface area contributed by atoms with E-state index in [1.165, 1.54) is 0 Å². The lowest BCUT2D eigenvalue weighted by atomic mass is 10.3. The zero-order valence-corrected chi connectivity index (χ0v) is 5.98. The van der Waals surface area contributed by atoms with Gasteiger partial charge in [0.1, 0.15) is 6.04 Å². The molecule has 0 spiro atoms. The third kappa shape index (κ3) is 0.636. The number of hydrogen-bond acceptors (Lipinski definition) is 3. The van der Waals surface area contributed by atoms with E-state index in [0.29, 0.717) is 5.88 Å². The Morgan fingerprint density at radius 3 is 3.10 bits per heavy atom. The third-order valence-corrected chi connectivity index (χ3v) is 2.69. The normalized spacial score (nSPS) is 30.8. The van der Waals surface area contributed by atoms with Crippen LogP contribution in [0.15, 0.2) is 0 Å². The van der Waals surface area contributed by atoms with Crippen molar-refractivity contribution in [3.63, 3.8) is 0 Å². The molecule has 2 fully saturated rings. The van der Waals surface area contributed by atoms with E-state index in [9.17, 15) is 9.59 Å². The Morgan fingerprint density at radius 2 is 2.40 bits per heavy atom. The van der Waals surface area contributed by atoms with Crippen molar-refractivity contribution in [3.8, 4) is 0 Å². The summed E-state index contributed by atoms with van der Waals surface area (Å²) in [4.78, 5) is 23.3. The summed E-state index contributed by atoms with van der Waals surface area (Å²) in [6.45, 7) is 0. The summed E-state index contributed by atoms with van der Waals surface area (Å²) >= 11 is 1.62. The van der Waals surface area contributed by atoms with E-state index in [-0.39, 0.29) is 18.0 Å². The fourth-order valence-corrected chi connectivity index (χ4v) is 2.27. The first kappa shape index (κ1) is 6.03. The highest BCUT2D eigenvalue weighted by Crippen LogP contribution is 2.23. The van der Waals surface area contributed by atoms with Crippen LogP contribution in [0, 0.1) is 0 Å². The molecule has 54 valence electrons. The van der Waals surface area contributed by atoms with Crippen LogP contribution in [-0.2, 0) is 4.79 Å². The van der Waals surface area contributed by atoms with Crippen LogP contribution >= 0.6 is 11.8 Å². The molecule has 1 N–H and O–H groups in total. The van der Waals surface area contributed by atoms with E-state index < -0.39 is 0 Å². The second kappa shape index (κ2) is 1.88. The first-order chi connectivity index (χ1) is 4.79. The van der Waals surface area contributed by atoms with Gasteiger partial charge in [-0.15, -0.1) is 11.8 Å². The molecule has 1 atom stereocenters. The van der Waals surface area contributed by atoms with Crippen LogP contribution in [0.5, 0.6) is 0 Å². The van der Waals surface area contributed by atoms with Crippen LogP contribution < -0.4 is 5.32 Å². The van der Waals surface area contributed by atoms with Gasteiger partial charge < -0.3 is 4.90 Å². The van der Waals surface area contributed by atoms with Gasteiger partial charge in [-0.2, -0.15) is 0 Å². The number of urea groups is 1. The molecule has 5 heteroatoms. The van der Waals surface area contributed by atoms with E-state index in [1.54, 1.807) is 16.7 Å². The summed E-state index contributed by atoms with van der Waals surface area (Å²) in [6, 6.07) is -0.419. The molecular weight excluding hydrogens is 152 g/mol. The Bertz CT molecular complexity index is 186. The molecule has 2 saturated heterocycles.